The lowest BCUT2D eigenvalue weighted by atomic mass is 10.0. The van der Waals surface area contributed by atoms with Crippen molar-refractivity contribution in [1.82, 2.24) is 30.9 Å². The third kappa shape index (κ3) is 42.8. The van der Waals surface area contributed by atoms with Gasteiger partial charge in [0.2, 0.25) is 17.5 Å². The van der Waals surface area contributed by atoms with Gasteiger partial charge >= 0.3 is 0 Å². The Morgan fingerprint density at radius 2 is 0.362 bits per heavy atom. The standard InChI is InChI=1S/C60H114N6O3/c1-4-7-10-13-16-19-22-25-28-31-34-37-40-43-46-49-52-61-58(67)55-64-56(59(68)62-53-50-47-44-41-38-35-32-29-26-23-20-17-14-11-8-5-2)66-57(65-55)60(69)63-54-51-48-45-42-39-36-33-30-27-24-21-18-15-12-9-6-3/h4-54H2,1-3H3,(H,61,67)(H,62,68)(H,63,69). The zero-order valence-electron chi connectivity index (χ0n) is 46.1. The van der Waals surface area contributed by atoms with Crippen molar-refractivity contribution in [2.45, 2.75) is 329 Å². The Labute approximate surface area is 427 Å². The second kappa shape index (κ2) is 51.8. The molecule has 3 N–H and O–H groups in total. The molecule has 0 aromatic carbocycles. The van der Waals surface area contributed by atoms with Crippen LogP contribution < -0.4 is 16.0 Å². The Morgan fingerprint density at radius 3 is 0.507 bits per heavy atom. The van der Waals surface area contributed by atoms with Crippen LogP contribution in [0.4, 0.5) is 0 Å². The molecule has 1 rings (SSSR count). The average molecular weight is 968 g/mol. The van der Waals surface area contributed by atoms with E-state index in [0.29, 0.717) is 19.6 Å². The van der Waals surface area contributed by atoms with Gasteiger partial charge in [0, 0.05) is 19.6 Å². The highest BCUT2D eigenvalue weighted by Crippen LogP contribution is 2.17. The molecule has 3 amide bonds. The molecular formula is C60H114N6O3. The molecule has 0 spiro atoms. The van der Waals surface area contributed by atoms with E-state index in [4.69, 9.17) is 0 Å². The number of rotatable bonds is 54. The topological polar surface area (TPSA) is 126 Å². The summed E-state index contributed by atoms with van der Waals surface area (Å²) in [5, 5.41) is 8.80. The molecule has 69 heavy (non-hydrogen) atoms. The van der Waals surface area contributed by atoms with E-state index in [2.05, 4.69) is 51.7 Å². The quantitative estimate of drug-likeness (QED) is 0.0558. The molecule has 0 bridgehead atoms. The number of unbranched alkanes of at least 4 members (excludes halogenated alkanes) is 45. The Balaban J connectivity index is 2.43. The van der Waals surface area contributed by atoms with Crippen LogP contribution in [0.3, 0.4) is 0 Å². The molecule has 0 atom stereocenters. The van der Waals surface area contributed by atoms with Crippen molar-refractivity contribution in [3.05, 3.63) is 17.5 Å². The first kappa shape index (κ1) is 64.4. The number of carbonyl (C=O) groups excluding carboxylic acids is 3. The van der Waals surface area contributed by atoms with E-state index in [1.807, 2.05) is 0 Å². The van der Waals surface area contributed by atoms with E-state index < -0.39 is 17.7 Å². The lowest BCUT2D eigenvalue weighted by Crippen LogP contribution is -2.34. The van der Waals surface area contributed by atoms with Crippen LogP contribution in [0.15, 0.2) is 0 Å². The average Bonchev–Trinajstić information content (AvgIpc) is 3.36. The number of hydrogen-bond acceptors (Lipinski definition) is 6. The molecule has 0 saturated carbocycles. The summed E-state index contributed by atoms with van der Waals surface area (Å²) < 4.78 is 0. The van der Waals surface area contributed by atoms with Crippen molar-refractivity contribution < 1.29 is 14.4 Å². The number of nitrogens with zero attached hydrogens (tertiary/aromatic N) is 3. The van der Waals surface area contributed by atoms with E-state index in [9.17, 15) is 14.4 Å². The highest BCUT2D eigenvalue weighted by molar-refractivity contribution is 5.97. The number of carbonyl (C=O) groups is 3. The fraction of sp³-hybridized carbons (Fsp3) is 0.900. The summed E-state index contributed by atoms with van der Waals surface area (Å²) in [5.41, 5.74) is 0. The summed E-state index contributed by atoms with van der Waals surface area (Å²) in [4.78, 5) is 52.6. The maximum absolute atomic E-state index is 13.3. The van der Waals surface area contributed by atoms with Gasteiger partial charge in [-0.2, -0.15) is 15.0 Å². The van der Waals surface area contributed by atoms with Crippen molar-refractivity contribution in [2.24, 2.45) is 0 Å². The van der Waals surface area contributed by atoms with Gasteiger partial charge in [0.1, 0.15) is 0 Å². The second-order valence-corrected chi connectivity index (χ2v) is 21.0. The van der Waals surface area contributed by atoms with Crippen LogP contribution in [-0.2, 0) is 0 Å². The monoisotopic (exact) mass is 967 g/mol. The van der Waals surface area contributed by atoms with Gasteiger partial charge in [0.25, 0.3) is 17.7 Å². The van der Waals surface area contributed by atoms with Crippen molar-refractivity contribution in [2.75, 3.05) is 19.6 Å². The summed E-state index contributed by atoms with van der Waals surface area (Å²) in [5.74, 6) is -1.96. The van der Waals surface area contributed by atoms with E-state index in [-0.39, 0.29) is 17.5 Å². The molecule has 0 unspecified atom stereocenters. The highest BCUT2D eigenvalue weighted by atomic mass is 16.2. The summed E-state index contributed by atoms with van der Waals surface area (Å²) in [7, 11) is 0. The summed E-state index contributed by atoms with van der Waals surface area (Å²) in [6.07, 6.45) is 62.2. The third-order valence-electron chi connectivity index (χ3n) is 14.2. The Morgan fingerprint density at radius 1 is 0.232 bits per heavy atom. The van der Waals surface area contributed by atoms with Gasteiger partial charge in [-0.25, -0.2) is 0 Å². The predicted octanol–water partition coefficient (Wildman–Crippen LogP) is 17.8. The van der Waals surface area contributed by atoms with Crippen molar-refractivity contribution >= 4 is 17.7 Å². The SMILES string of the molecule is CCCCCCCCCCCCCCCCCCNC(=O)c1nc(C(=O)NCCCCCCCCCCCCCCCCCC)nc(C(=O)NCCCCCCCCCCCCCCCCCC)n1. The largest absolute Gasteiger partial charge is 0.349 e. The first-order chi connectivity index (χ1) is 34.0. The minimum Gasteiger partial charge on any atom is -0.349 e. The summed E-state index contributed by atoms with van der Waals surface area (Å²) in [6, 6.07) is 0. The van der Waals surface area contributed by atoms with Crippen LogP contribution in [0.25, 0.3) is 0 Å². The van der Waals surface area contributed by atoms with Crippen molar-refractivity contribution in [3.63, 3.8) is 0 Å². The van der Waals surface area contributed by atoms with E-state index in [0.717, 1.165) is 57.8 Å². The fourth-order valence-corrected chi connectivity index (χ4v) is 9.54. The Kier molecular flexibility index (Phi) is 48.3. The molecule has 0 aliphatic carbocycles. The van der Waals surface area contributed by atoms with E-state index in [1.54, 1.807) is 0 Å². The first-order valence-electron chi connectivity index (χ1n) is 30.6. The summed E-state index contributed by atoms with van der Waals surface area (Å²) >= 11 is 0. The van der Waals surface area contributed by atoms with E-state index >= 15 is 0 Å². The maximum Gasteiger partial charge on any atom is 0.289 e. The molecule has 0 aliphatic rings. The molecule has 0 aliphatic heterocycles. The van der Waals surface area contributed by atoms with Gasteiger partial charge in [0.05, 0.1) is 0 Å². The van der Waals surface area contributed by atoms with Crippen LogP contribution in [0, 0.1) is 0 Å². The first-order valence-corrected chi connectivity index (χ1v) is 30.6. The van der Waals surface area contributed by atoms with Crippen molar-refractivity contribution in [1.29, 1.82) is 0 Å². The van der Waals surface area contributed by atoms with Gasteiger partial charge in [0.15, 0.2) is 0 Å². The fourth-order valence-electron chi connectivity index (χ4n) is 9.54. The molecule has 0 radical (unpaired) electrons. The Hall–Kier alpha value is -2.58. The van der Waals surface area contributed by atoms with Gasteiger partial charge in [-0.3, -0.25) is 14.4 Å². The predicted molar refractivity (Wildman–Crippen MR) is 295 cm³/mol. The molecule has 9 nitrogen and oxygen atoms in total. The lowest BCUT2D eigenvalue weighted by Gasteiger charge is -2.09. The second-order valence-electron chi connectivity index (χ2n) is 21.0. The molecule has 0 fully saturated rings. The highest BCUT2D eigenvalue weighted by Gasteiger charge is 2.21. The smallest absolute Gasteiger partial charge is 0.289 e. The van der Waals surface area contributed by atoms with Gasteiger partial charge in [-0.05, 0) is 19.3 Å². The van der Waals surface area contributed by atoms with Gasteiger partial charge in [-0.15, -0.1) is 0 Å². The molecule has 1 aromatic rings. The van der Waals surface area contributed by atoms with Crippen LogP contribution in [0.5, 0.6) is 0 Å². The minimum absolute atomic E-state index is 0.179. The molecule has 402 valence electrons. The molecule has 1 aromatic heterocycles. The van der Waals surface area contributed by atoms with Crippen LogP contribution in [0.1, 0.15) is 361 Å². The Bertz CT molecular complexity index is 1130. The maximum atomic E-state index is 13.3. The van der Waals surface area contributed by atoms with Gasteiger partial charge in [-0.1, -0.05) is 310 Å². The number of nitrogens with one attached hydrogen (secondary N) is 3. The number of amides is 3. The summed E-state index contributed by atoms with van der Waals surface area (Å²) in [6.45, 7) is 8.35. The van der Waals surface area contributed by atoms with Gasteiger partial charge < -0.3 is 16.0 Å². The number of aromatic nitrogens is 3. The molecule has 0 saturated heterocycles. The molecule has 9 heteroatoms. The van der Waals surface area contributed by atoms with E-state index in [1.165, 1.54) is 250 Å². The van der Waals surface area contributed by atoms with Crippen molar-refractivity contribution in [3.8, 4) is 0 Å². The van der Waals surface area contributed by atoms with Crippen LogP contribution >= 0.6 is 0 Å². The van der Waals surface area contributed by atoms with Crippen LogP contribution in [-0.4, -0.2) is 52.3 Å². The zero-order chi connectivity index (χ0) is 49.8. The minimum atomic E-state index is -0.475. The lowest BCUT2D eigenvalue weighted by molar-refractivity contribution is 0.0928. The molecular weight excluding hydrogens is 853 g/mol. The molecule has 1 heterocycles. The number of hydrogen-bond donors (Lipinski definition) is 3. The zero-order valence-corrected chi connectivity index (χ0v) is 46.1. The normalized spacial score (nSPS) is 11.3. The third-order valence-corrected chi connectivity index (χ3v) is 14.2. The van der Waals surface area contributed by atoms with Crippen LogP contribution in [0.2, 0.25) is 0 Å².